The highest BCUT2D eigenvalue weighted by atomic mass is 32.1. The lowest BCUT2D eigenvalue weighted by Crippen LogP contribution is -2.42. The first-order valence-electron chi connectivity index (χ1n) is 10.1. The molecule has 9 nitrogen and oxygen atoms in total. The second-order valence-corrected chi connectivity index (χ2v) is 8.32. The van der Waals surface area contributed by atoms with Crippen LogP contribution in [0.2, 0.25) is 0 Å². The minimum atomic E-state index is -0.448. The van der Waals surface area contributed by atoms with Crippen LogP contribution in [0, 0.1) is 6.92 Å². The van der Waals surface area contributed by atoms with E-state index in [0.717, 1.165) is 11.1 Å². The number of carbonyl (C=O) groups is 2. The van der Waals surface area contributed by atoms with Crippen molar-refractivity contribution in [2.24, 2.45) is 0 Å². The molecule has 0 saturated carbocycles. The van der Waals surface area contributed by atoms with Gasteiger partial charge in [0.15, 0.2) is 5.13 Å². The van der Waals surface area contributed by atoms with Crippen LogP contribution in [0.25, 0.3) is 10.9 Å². The Morgan fingerprint density at radius 1 is 1.28 bits per heavy atom. The molecule has 1 fully saturated rings. The summed E-state index contributed by atoms with van der Waals surface area (Å²) in [5.74, 6) is -0.371. The molecule has 1 atom stereocenters. The van der Waals surface area contributed by atoms with E-state index in [9.17, 15) is 9.59 Å². The van der Waals surface area contributed by atoms with Crippen LogP contribution in [0.3, 0.4) is 0 Å². The van der Waals surface area contributed by atoms with Gasteiger partial charge in [0.1, 0.15) is 6.10 Å². The number of hydrogen-bond acceptors (Lipinski definition) is 7. The first kappa shape index (κ1) is 20.3. The lowest BCUT2D eigenvalue weighted by Gasteiger charge is -2.32. The van der Waals surface area contributed by atoms with Gasteiger partial charge in [-0.3, -0.25) is 20.0 Å². The SMILES string of the molecule is Cc1[nH]ncc1C(=O)N1CCO[C@@H](c2cc(C(=O)Nc3nccs3)c3ccccc3n2)C1. The summed E-state index contributed by atoms with van der Waals surface area (Å²) in [6.45, 7) is 3.01. The monoisotopic (exact) mass is 448 g/mol. The summed E-state index contributed by atoms with van der Waals surface area (Å²) in [6.07, 6.45) is 2.73. The normalized spacial score (nSPS) is 16.3. The van der Waals surface area contributed by atoms with Gasteiger partial charge in [0.25, 0.3) is 11.8 Å². The number of aryl methyl sites for hydroxylation is 1. The van der Waals surface area contributed by atoms with E-state index in [-0.39, 0.29) is 11.8 Å². The van der Waals surface area contributed by atoms with Gasteiger partial charge < -0.3 is 9.64 Å². The number of H-pyrrole nitrogens is 1. The largest absolute Gasteiger partial charge is 0.368 e. The molecule has 3 aromatic heterocycles. The molecule has 0 bridgehead atoms. The lowest BCUT2D eigenvalue weighted by atomic mass is 10.0. The third-order valence-electron chi connectivity index (χ3n) is 5.38. The number of nitrogens with zero attached hydrogens (tertiary/aromatic N) is 4. The van der Waals surface area contributed by atoms with Crippen molar-refractivity contribution in [1.82, 2.24) is 25.1 Å². The molecule has 1 aliphatic rings. The Labute approximate surface area is 187 Å². The zero-order valence-electron chi connectivity index (χ0n) is 17.2. The molecule has 4 heterocycles. The summed E-state index contributed by atoms with van der Waals surface area (Å²) in [5.41, 5.74) is 3.05. The number of carbonyl (C=O) groups excluding carboxylic acids is 2. The standard InChI is InChI=1S/C22H20N6O3S/c1-13-16(11-24-27-13)21(30)28-7-8-31-19(12-28)18-10-15(14-4-2-3-5-17(14)25-18)20(29)26-22-23-6-9-32-22/h2-6,9-11,19H,7-8,12H2,1H3,(H,24,27)(H,23,26,29)/t19-/m1/s1. The molecule has 1 aromatic carbocycles. The van der Waals surface area contributed by atoms with E-state index >= 15 is 0 Å². The average Bonchev–Trinajstić information content (AvgIpc) is 3.49. The van der Waals surface area contributed by atoms with E-state index in [0.29, 0.717) is 47.2 Å². The predicted octanol–water partition coefficient (Wildman–Crippen LogP) is 3.19. The summed E-state index contributed by atoms with van der Waals surface area (Å²) in [5, 5.41) is 12.6. The van der Waals surface area contributed by atoms with Gasteiger partial charge in [-0.15, -0.1) is 11.3 Å². The Morgan fingerprint density at radius 3 is 2.94 bits per heavy atom. The van der Waals surface area contributed by atoms with E-state index in [1.807, 2.05) is 31.2 Å². The number of thiazole rings is 1. The van der Waals surface area contributed by atoms with Crippen LogP contribution in [0.4, 0.5) is 5.13 Å². The van der Waals surface area contributed by atoms with Crippen molar-refractivity contribution in [2.45, 2.75) is 13.0 Å². The Bertz CT molecular complexity index is 1290. The summed E-state index contributed by atoms with van der Waals surface area (Å²) < 4.78 is 5.96. The van der Waals surface area contributed by atoms with Crippen LogP contribution < -0.4 is 5.32 Å². The minimum absolute atomic E-state index is 0.105. The number of morpholine rings is 1. The first-order valence-corrected chi connectivity index (χ1v) is 11.0. The van der Waals surface area contributed by atoms with Crippen molar-refractivity contribution in [1.29, 1.82) is 0 Å². The van der Waals surface area contributed by atoms with Crippen LogP contribution in [0.15, 0.2) is 48.1 Å². The van der Waals surface area contributed by atoms with Crippen LogP contribution in [0.1, 0.15) is 38.2 Å². The maximum absolute atomic E-state index is 13.0. The van der Waals surface area contributed by atoms with Crippen LogP contribution in [-0.4, -0.2) is 56.6 Å². The fraction of sp³-hybridized carbons (Fsp3) is 0.227. The van der Waals surface area contributed by atoms with Gasteiger partial charge in [-0.2, -0.15) is 5.10 Å². The Hall–Kier alpha value is -3.63. The number of fused-ring (bicyclic) bond motifs is 1. The minimum Gasteiger partial charge on any atom is -0.368 e. The number of rotatable bonds is 4. The number of hydrogen-bond donors (Lipinski definition) is 2. The predicted molar refractivity (Wildman–Crippen MR) is 120 cm³/mol. The molecule has 0 radical (unpaired) electrons. The van der Waals surface area contributed by atoms with Crippen molar-refractivity contribution in [3.8, 4) is 0 Å². The third-order valence-corrected chi connectivity index (χ3v) is 6.07. The smallest absolute Gasteiger partial charge is 0.258 e. The third kappa shape index (κ3) is 3.85. The molecule has 1 saturated heterocycles. The number of benzene rings is 1. The molecule has 0 unspecified atom stereocenters. The lowest BCUT2D eigenvalue weighted by molar-refractivity contribution is -0.0246. The molecule has 1 aliphatic heterocycles. The van der Waals surface area contributed by atoms with Crippen molar-refractivity contribution in [2.75, 3.05) is 25.0 Å². The maximum Gasteiger partial charge on any atom is 0.258 e. The van der Waals surface area contributed by atoms with Crippen molar-refractivity contribution in [3.05, 3.63) is 70.6 Å². The van der Waals surface area contributed by atoms with Crippen molar-refractivity contribution >= 4 is 39.2 Å². The van der Waals surface area contributed by atoms with Gasteiger partial charge in [-0.25, -0.2) is 9.97 Å². The van der Waals surface area contributed by atoms with Crippen LogP contribution >= 0.6 is 11.3 Å². The Morgan fingerprint density at radius 2 is 2.16 bits per heavy atom. The topological polar surface area (TPSA) is 113 Å². The van der Waals surface area contributed by atoms with Gasteiger partial charge in [0, 0.05) is 29.2 Å². The molecule has 0 spiro atoms. The number of nitrogens with one attached hydrogen (secondary N) is 2. The summed E-state index contributed by atoms with van der Waals surface area (Å²) in [6, 6.07) is 9.21. The Balaban J connectivity index is 1.46. The molecule has 4 aromatic rings. The zero-order valence-corrected chi connectivity index (χ0v) is 18.1. The van der Waals surface area contributed by atoms with Gasteiger partial charge in [-0.1, -0.05) is 18.2 Å². The summed E-state index contributed by atoms with van der Waals surface area (Å²) >= 11 is 1.35. The number of ether oxygens (including phenoxy) is 1. The fourth-order valence-electron chi connectivity index (χ4n) is 3.75. The van der Waals surface area contributed by atoms with Crippen molar-refractivity contribution < 1.29 is 14.3 Å². The Kier molecular flexibility index (Phi) is 5.38. The number of amides is 2. The highest BCUT2D eigenvalue weighted by molar-refractivity contribution is 7.13. The van der Waals surface area contributed by atoms with E-state index < -0.39 is 6.10 Å². The molecular weight excluding hydrogens is 428 g/mol. The first-order chi connectivity index (χ1) is 15.6. The maximum atomic E-state index is 13.0. The summed E-state index contributed by atoms with van der Waals surface area (Å²) in [4.78, 5) is 36.6. The molecule has 2 N–H and O–H groups in total. The molecule has 2 amide bonds. The number of aromatic nitrogens is 4. The molecular formula is C22H20N6O3S. The second kappa shape index (κ2) is 8.48. The van der Waals surface area contributed by atoms with Gasteiger partial charge >= 0.3 is 0 Å². The number of pyridine rings is 1. The number of para-hydroxylation sites is 1. The quantitative estimate of drug-likeness (QED) is 0.496. The van der Waals surface area contributed by atoms with Crippen molar-refractivity contribution in [3.63, 3.8) is 0 Å². The van der Waals surface area contributed by atoms with Gasteiger partial charge in [-0.05, 0) is 19.1 Å². The van der Waals surface area contributed by atoms with E-state index in [4.69, 9.17) is 9.72 Å². The van der Waals surface area contributed by atoms with E-state index in [2.05, 4.69) is 20.5 Å². The van der Waals surface area contributed by atoms with E-state index in [1.165, 1.54) is 17.5 Å². The van der Waals surface area contributed by atoms with E-state index in [1.54, 1.807) is 22.5 Å². The number of aromatic amines is 1. The van der Waals surface area contributed by atoms with Gasteiger partial charge in [0.05, 0.1) is 41.7 Å². The molecule has 0 aliphatic carbocycles. The molecule has 162 valence electrons. The second-order valence-electron chi connectivity index (χ2n) is 7.42. The molecule has 10 heteroatoms. The highest BCUT2D eigenvalue weighted by Gasteiger charge is 2.29. The summed E-state index contributed by atoms with van der Waals surface area (Å²) in [7, 11) is 0. The number of anilines is 1. The molecule has 5 rings (SSSR count). The van der Waals surface area contributed by atoms with Gasteiger partial charge in [0.2, 0.25) is 0 Å². The fourth-order valence-corrected chi connectivity index (χ4v) is 4.27. The zero-order chi connectivity index (χ0) is 22.1. The average molecular weight is 449 g/mol. The van der Waals surface area contributed by atoms with Crippen LogP contribution in [0.5, 0.6) is 0 Å². The molecule has 32 heavy (non-hydrogen) atoms. The van der Waals surface area contributed by atoms with Crippen LogP contribution in [-0.2, 0) is 4.74 Å². The highest BCUT2D eigenvalue weighted by Crippen LogP contribution is 2.27.